The van der Waals surface area contributed by atoms with Crippen molar-refractivity contribution in [1.82, 2.24) is 25.2 Å². The van der Waals surface area contributed by atoms with Crippen LogP contribution in [-0.2, 0) is 6.54 Å². The second kappa shape index (κ2) is 5.31. The van der Waals surface area contributed by atoms with E-state index in [1.165, 1.54) is 6.20 Å². The van der Waals surface area contributed by atoms with Gasteiger partial charge in [-0.2, -0.15) is 13.2 Å². The maximum atomic E-state index is 12.1. The summed E-state index contributed by atoms with van der Waals surface area (Å²) >= 11 is 0. The van der Waals surface area contributed by atoms with Crippen LogP contribution in [0.3, 0.4) is 0 Å². The van der Waals surface area contributed by atoms with Crippen LogP contribution in [0.2, 0.25) is 0 Å². The molecule has 0 aliphatic carbocycles. The zero-order valence-electron chi connectivity index (χ0n) is 9.62. The summed E-state index contributed by atoms with van der Waals surface area (Å²) in [5.74, 6) is 0.210. The van der Waals surface area contributed by atoms with Crippen molar-refractivity contribution in [3.63, 3.8) is 0 Å². The molecule has 0 spiro atoms. The van der Waals surface area contributed by atoms with E-state index in [1.807, 2.05) is 0 Å². The molecule has 9 heteroatoms. The molecule has 2 aromatic heterocycles. The predicted molar refractivity (Wildman–Crippen MR) is 57.7 cm³/mol. The van der Waals surface area contributed by atoms with Crippen molar-refractivity contribution < 1.29 is 18.3 Å². The SMILES string of the molecule is O[C@H](Cn1nnnc1-c1ccccn1)CC(F)(F)F. The molecule has 6 nitrogen and oxygen atoms in total. The maximum Gasteiger partial charge on any atom is 0.391 e. The zero-order chi connectivity index (χ0) is 13.9. The van der Waals surface area contributed by atoms with Crippen molar-refractivity contribution in [2.75, 3.05) is 0 Å². The minimum Gasteiger partial charge on any atom is -0.391 e. The molecule has 0 aromatic carbocycles. The Balaban J connectivity index is 2.13. The van der Waals surface area contributed by atoms with Crippen molar-refractivity contribution in [2.24, 2.45) is 0 Å². The topological polar surface area (TPSA) is 76.7 Å². The number of tetrazole rings is 1. The Morgan fingerprint density at radius 3 is 2.74 bits per heavy atom. The minimum atomic E-state index is -4.43. The number of alkyl halides is 3. The molecule has 2 rings (SSSR count). The third-order valence-electron chi connectivity index (χ3n) is 2.28. The van der Waals surface area contributed by atoms with E-state index in [4.69, 9.17) is 0 Å². The molecule has 2 aromatic rings. The molecule has 19 heavy (non-hydrogen) atoms. The highest BCUT2D eigenvalue weighted by Crippen LogP contribution is 2.22. The van der Waals surface area contributed by atoms with Crippen LogP contribution in [0.1, 0.15) is 6.42 Å². The average Bonchev–Trinajstić information content (AvgIpc) is 2.75. The van der Waals surface area contributed by atoms with Gasteiger partial charge in [-0.15, -0.1) is 5.10 Å². The third kappa shape index (κ3) is 3.71. The van der Waals surface area contributed by atoms with Crippen molar-refractivity contribution in [1.29, 1.82) is 0 Å². The van der Waals surface area contributed by atoms with Crippen LogP contribution < -0.4 is 0 Å². The number of aromatic nitrogens is 5. The Hall–Kier alpha value is -2.03. The smallest absolute Gasteiger partial charge is 0.391 e. The fourth-order valence-electron chi connectivity index (χ4n) is 1.54. The first-order valence-electron chi connectivity index (χ1n) is 5.38. The first kappa shape index (κ1) is 13.4. The third-order valence-corrected chi connectivity index (χ3v) is 2.28. The maximum absolute atomic E-state index is 12.1. The lowest BCUT2D eigenvalue weighted by Gasteiger charge is -2.13. The van der Waals surface area contributed by atoms with Crippen LogP contribution in [0.4, 0.5) is 13.2 Å². The molecule has 1 atom stereocenters. The van der Waals surface area contributed by atoms with E-state index in [2.05, 4.69) is 20.5 Å². The summed E-state index contributed by atoms with van der Waals surface area (Å²) in [5.41, 5.74) is 0.423. The predicted octanol–water partition coefficient (Wildman–Crippen LogP) is 1.05. The molecule has 0 bridgehead atoms. The quantitative estimate of drug-likeness (QED) is 0.901. The number of halogens is 3. The van der Waals surface area contributed by atoms with Crippen LogP contribution in [0.25, 0.3) is 11.5 Å². The summed E-state index contributed by atoms with van der Waals surface area (Å²) in [7, 11) is 0. The number of nitrogens with zero attached hydrogens (tertiary/aromatic N) is 5. The molecule has 1 N–H and O–H groups in total. The van der Waals surface area contributed by atoms with Gasteiger partial charge in [-0.25, -0.2) is 4.68 Å². The van der Waals surface area contributed by atoms with Crippen LogP contribution in [0.15, 0.2) is 24.4 Å². The van der Waals surface area contributed by atoms with Gasteiger partial charge in [-0.05, 0) is 22.6 Å². The fourth-order valence-corrected chi connectivity index (χ4v) is 1.54. The normalized spacial score (nSPS) is 13.5. The molecule has 102 valence electrons. The van der Waals surface area contributed by atoms with Gasteiger partial charge in [0.2, 0.25) is 5.82 Å². The molecule has 0 radical (unpaired) electrons. The van der Waals surface area contributed by atoms with E-state index < -0.39 is 18.7 Å². The number of hydrogen-bond donors (Lipinski definition) is 1. The van der Waals surface area contributed by atoms with Crippen LogP contribution in [0, 0.1) is 0 Å². The summed E-state index contributed by atoms with van der Waals surface area (Å²) in [6, 6.07) is 5.02. The Kier molecular flexibility index (Phi) is 3.74. The van der Waals surface area contributed by atoms with Gasteiger partial charge in [0.05, 0.1) is 19.1 Å². The molecule has 0 amide bonds. The number of rotatable bonds is 4. The number of aliphatic hydroxyl groups excluding tert-OH is 1. The molecule has 0 saturated heterocycles. The minimum absolute atomic E-state index is 0.210. The molecule has 0 aliphatic heterocycles. The molecule has 0 unspecified atom stereocenters. The van der Waals surface area contributed by atoms with Gasteiger partial charge >= 0.3 is 6.18 Å². The van der Waals surface area contributed by atoms with Gasteiger partial charge in [-0.3, -0.25) is 4.98 Å². The summed E-state index contributed by atoms with van der Waals surface area (Å²) < 4.78 is 37.5. The largest absolute Gasteiger partial charge is 0.391 e. The lowest BCUT2D eigenvalue weighted by atomic mass is 10.2. The van der Waals surface area contributed by atoms with Gasteiger partial charge in [-0.1, -0.05) is 6.07 Å². The first-order chi connectivity index (χ1) is 8.96. The van der Waals surface area contributed by atoms with Gasteiger partial charge in [0.15, 0.2) is 0 Å². The Labute approximate surface area is 105 Å². The van der Waals surface area contributed by atoms with Crippen LogP contribution in [-0.4, -0.2) is 42.6 Å². The standard InChI is InChI=1S/C10H10F3N5O/c11-10(12,13)5-7(19)6-18-9(15-16-17-18)8-3-1-2-4-14-8/h1-4,7,19H,5-6H2/t7-/m0/s1. The summed E-state index contributed by atoms with van der Waals surface area (Å²) in [6.45, 7) is -0.349. The van der Waals surface area contributed by atoms with E-state index >= 15 is 0 Å². The van der Waals surface area contributed by atoms with Crippen LogP contribution in [0.5, 0.6) is 0 Å². The highest BCUT2D eigenvalue weighted by atomic mass is 19.4. The highest BCUT2D eigenvalue weighted by molar-refractivity contribution is 5.47. The van der Waals surface area contributed by atoms with E-state index in [1.54, 1.807) is 18.2 Å². The van der Waals surface area contributed by atoms with Crippen molar-refractivity contribution in [3.8, 4) is 11.5 Å². The molecule has 0 fully saturated rings. The van der Waals surface area contributed by atoms with E-state index in [-0.39, 0.29) is 12.4 Å². The molecule has 0 aliphatic rings. The van der Waals surface area contributed by atoms with Gasteiger partial charge < -0.3 is 5.11 Å². The number of hydrogen-bond acceptors (Lipinski definition) is 5. The monoisotopic (exact) mass is 273 g/mol. The fraction of sp³-hybridized carbons (Fsp3) is 0.400. The Morgan fingerprint density at radius 2 is 2.11 bits per heavy atom. The summed E-state index contributed by atoms with van der Waals surface area (Å²) in [6.07, 6.45) is -5.83. The number of pyridine rings is 1. The van der Waals surface area contributed by atoms with Gasteiger partial charge in [0, 0.05) is 6.20 Å². The zero-order valence-corrected chi connectivity index (χ0v) is 9.62. The summed E-state index contributed by atoms with van der Waals surface area (Å²) in [4.78, 5) is 4.00. The molecule has 0 saturated carbocycles. The average molecular weight is 273 g/mol. The van der Waals surface area contributed by atoms with E-state index in [0.717, 1.165) is 4.68 Å². The van der Waals surface area contributed by atoms with E-state index in [9.17, 15) is 18.3 Å². The summed E-state index contributed by atoms with van der Waals surface area (Å²) in [5, 5.41) is 20.0. The molecular weight excluding hydrogens is 263 g/mol. The molecular formula is C10H10F3N5O. The molecule has 2 heterocycles. The second-order valence-corrected chi connectivity index (χ2v) is 3.87. The Bertz CT molecular complexity index is 527. The number of aliphatic hydroxyl groups is 1. The first-order valence-corrected chi connectivity index (χ1v) is 5.38. The lowest BCUT2D eigenvalue weighted by Crippen LogP contribution is -2.25. The van der Waals surface area contributed by atoms with Crippen molar-refractivity contribution >= 4 is 0 Å². The van der Waals surface area contributed by atoms with Gasteiger partial charge in [0.1, 0.15) is 5.69 Å². The highest BCUT2D eigenvalue weighted by Gasteiger charge is 2.31. The van der Waals surface area contributed by atoms with Crippen molar-refractivity contribution in [3.05, 3.63) is 24.4 Å². The second-order valence-electron chi connectivity index (χ2n) is 3.87. The van der Waals surface area contributed by atoms with Gasteiger partial charge in [0.25, 0.3) is 0 Å². The van der Waals surface area contributed by atoms with E-state index in [0.29, 0.717) is 5.69 Å². The lowest BCUT2D eigenvalue weighted by molar-refractivity contribution is -0.154. The Morgan fingerprint density at radius 1 is 1.32 bits per heavy atom. The van der Waals surface area contributed by atoms with Crippen LogP contribution >= 0.6 is 0 Å². The van der Waals surface area contributed by atoms with Crippen molar-refractivity contribution in [2.45, 2.75) is 25.2 Å².